The Morgan fingerprint density at radius 2 is 1.82 bits per heavy atom. The highest BCUT2D eigenvalue weighted by Gasteiger charge is 2.18. The number of rotatable bonds is 8. The third-order valence-electron chi connectivity index (χ3n) is 5.18. The lowest BCUT2D eigenvalue weighted by Gasteiger charge is -2.11. The first kappa shape index (κ1) is 22.2. The molecule has 6 nitrogen and oxygen atoms in total. The molecule has 0 saturated carbocycles. The van der Waals surface area contributed by atoms with Gasteiger partial charge in [0.15, 0.2) is 11.0 Å². The highest BCUT2D eigenvalue weighted by atomic mass is 32.2. The third kappa shape index (κ3) is 4.69. The maximum Gasteiger partial charge on any atom is 0.234 e. The summed E-state index contributed by atoms with van der Waals surface area (Å²) >= 11 is 2.96. The molecule has 1 N–H and O–H groups in total. The molecule has 0 fully saturated rings. The van der Waals surface area contributed by atoms with Gasteiger partial charge in [-0.05, 0) is 54.1 Å². The number of anilines is 1. The molecule has 1 amide bonds. The van der Waals surface area contributed by atoms with Crippen LogP contribution in [-0.4, -0.2) is 33.0 Å². The molecule has 0 spiro atoms. The quantitative estimate of drug-likeness (QED) is 0.262. The van der Waals surface area contributed by atoms with Crippen molar-refractivity contribution in [2.45, 2.75) is 12.1 Å². The summed E-state index contributed by atoms with van der Waals surface area (Å²) in [6.45, 7) is 2.57. The molecular formula is C26H22N4O2S2. The van der Waals surface area contributed by atoms with Crippen molar-refractivity contribution in [2.75, 3.05) is 17.7 Å². The van der Waals surface area contributed by atoms with Crippen molar-refractivity contribution < 1.29 is 9.53 Å². The highest BCUT2D eigenvalue weighted by molar-refractivity contribution is 7.99. The van der Waals surface area contributed by atoms with Gasteiger partial charge in [-0.2, -0.15) is 0 Å². The summed E-state index contributed by atoms with van der Waals surface area (Å²) in [7, 11) is 0. The molecule has 170 valence electrons. The van der Waals surface area contributed by atoms with E-state index in [9.17, 15) is 4.79 Å². The topological polar surface area (TPSA) is 69.0 Å². The van der Waals surface area contributed by atoms with E-state index in [-0.39, 0.29) is 11.7 Å². The van der Waals surface area contributed by atoms with Crippen molar-refractivity contribution in [3.63, 3.8) is 0 Å². The Hall–Kier alpha value is -3.62. The molecule has 0 aliphatic carbocycles. The van der Waals surface area contributed by atoms with Gasteiger partial charge in [0, 0.05) is 11.1 Å². The second-order valence-corrected chi connectivity index (χ2v) is 9.30. The summed E-state index contributed by atoms with van der Waals surface area (Å²) in [4.78, 5) is 13.8. The number of benzene rings is 3. The molecule has 0 radical (unpaired) electrons. The first-order valence-electron chi connectivity index (χ1n) is 10.9. The Labute approximate surface area is 205 Å². The van der Waals surface area contributed by atoms with Crippen molar-refractivity contribution in [3.05, 3.63) is 84.2 Å². The summed E-state index contributed by atoms with van der Waals surface area (Å²) < 4.78 is 7.56. The fourth-order valence-corrected chi connectivity index (χ4v) is 5.12. The van der Waals surface area contributed by atoms with Gasteiger partial charge in [-0.1, -0.05) is 54.2 Å². The summed E-state index contributed by atoms with van der Waals surface area (Å²) in [6, 6.07) is 25.7. The predicted molar refractivity (Wildman–Crippen MR) is 139 cm³/mol. The SMILES string of the molecule is CCOc1ccc(-n2c(SCC(=O)Nc3cccc4ccccc34)nnc2-c2cccs2)cc1. The van der Waals surface area contributed by atoms with Crippen molar-refractivity contribution in [3.8, 4) is 22.1 Å². The standard InChI is InChI=1S/C26H22N4O2S2/c1-2-32-20-14-12-19(13-15-20)30-25(23-11-6-16-33-23)28-29-26(30)34-17-24(31)27-22-10-5-8-18-7-3-4-9-21(18)22/h3-16H,2,17H2,1H3,(H,27,31). The number of aromatic nitrogens is 3. The van der Waals surface area contributed by atoms with E-state index in [0.29, 0.717) is 11.8 Å². The number of carbonyl (C=O) groups is 1. The molecule has 0 bridgehead atoms. The van der Waals surface area contributed by atoms with Gasteiger partial charge in [-0.25, -0.2) is 0 Å². The Balaban J connectivity index is 1.38. The number of nitrogens with one attached hydrogen (secondary N) is 1. The van der Waals surface area contributed by atoms with Gasteiger partial charge >= 0.3 is 0 Å². The van der Waals surface area contributed by atoms with Crippen molar-refractivity contribution in [2.24, 2.45) is 0 Å². The number of hydrogen-bond donors (Lipinski definition) is 1. The minimum atomic E-state index is -0.0970. The lowest BCUT2D eigenvalue weighted by atomic mass is 10.1. The largest absolute Gasteiger partial charge is 0.494 e. The van der Waals surface area contributed by atoms with Gasteiger partial charge in [0.05, 0.1) is 22.9 Å². The fourth-order valence-electron chi connectivity index (χ4n) is 3.67. The lowest BCUT2D eigenvalue weighted by Crippen LogP contribution is -2.14. The molecule has 5 rings (SSSR count). The number of carbonyl (C=O) groups excluding carboxylic acids is 1. The van der Waals surface area contributed by atoms with Crippen LogP contribution < -0.4 is 10.1 Å². The first-order valence-corrected chi connectivity index (χ1v) is 12.7. The summed E-state index contributed by atoms with van der Waals surface area (Å²) in [6.07, 6.45) is 0. The summed E-state index contributed by atoms with van der Waals surface area (Å²) in [5.74, 6) is 1.67. The zero-order chi connectivity index (χ0) is 23.3. The molecule has 0 unspecified atom stereocenters. The Morgan fingerprint density at radius 3 is 2.62 bits per heavy atom. The van der Waals surface area contributed by atoms with Gasteiger partial charge in [0.2, 0.25) is 5.91 Å². The first-order chi connectivity index (χ1) is 16.7. The van der Waals surface area contributed by atoms with Crippen LogP contribution in [0.15, 0.2) is 89.4 Å². The second-order valence-electron chi connectivity index (χ2n) is 7.41. The number of hydrogen-bond acceptors (Lipinski definition) is 6. The van der Waals surface area contributed by atoms with Crippen LogP contribution in [0, 0.1) is 0 Å². The lowest BCUT2D eigenvalue weighted by molar-refractivity contribution is -0.113. The van der Waals surface area contributed by atoms with Crippen LogP contribution in [0.25, 0.3) is 27.2 Å². The van der Waals surface area contributed by atoms with Gasteiger partial charge in [-0.3, -0.25) is 9.36 Å². The maximum absolute atomic E-state index is 12.8. The van der Waals surface area contributed by atoms with Crippen molar-refractivity contribution >= 4 is 45.5 Å². The van der Waals surface area contributed by atoms with E-state index in [1.807, 2.05) is 95.7 Å². The molecular weight excluding hydrogens is 464 g/mol. The third-order valence-corrected chi connectivity index (χ3v) is 6.97. The molecule has 0 atom stereocenters. The number of fused-ring (bicyclic) bond motifs is 1. The molecule has 0 aliphatic rings. The van der Waals surface area contributed by atoms with E-state index in [0.717, 1.165) is 38.6 Å². The minimum Gasteiger partial charge on any atom is -0.494 e. The van der Waals surface area contributed by atoms with Gasteiger partial charge in [-0.15, -0.1) is 21.5 Å². The van der Waals surface area contributed by atoms with E-state index in [1.54, 1.807) is 11.3 Å². The fraction of sp³-hybridized carbons (Fsp3) is 0.115. The van der Waals surface area contributed by atoms with Crippen molar-refractivity contribution in [1.82, 2.24) is 14.8 Å². The molecule has 8 heteroatoms. The Kier molecular flexibility index (Phi) is 6.60. The molecule has 5 aromatic rings. The average Bonchev–Trinajstić information content (AvgIpc) is 3.54. The molecule has 0 aliphatic heterocycles. The molecule has 3 aromatic carbocycles. The van der Waals surface area contributed by atoms with Crippen LogP contribution in [0.5, 0.6) is 5.75 Å². The van der Waals surface area contributed by atoms with Crippen LogP contribution in [0.2, 0.25) is 0 Å². The number of amides is 1. The minimum absolute atomic E-state index is 0.0970. The van der Waals surface area contributed by atoms with Gasteiger partial charge < -0.3 is 10.1 Å². The van der Waals surface area contributed by atoms with Crippen LogP contribution >= 0.6 is 23.1 Å². The molecule has 2 heterocycles. The van der Waals surface area contributed by atoms with E-state index in [2.05, 4.69) is 15.5 Å². The van der Waals surface area contributed by atoms with Crippen LogP contribution in [-0.2, 0) is 4.79 Å². The Bertz CT molecular complexity index is 1410. The van der Waals surface area contributed by atoms with Gasteiger partial charge in [0.1, 0.15) is 5.75 Å². The smallest absolute Gasteiger partial charge is 0.234 e. The zero-order valence-electron chi connectivity index (χ0n) is 18.5. The molecule has 0 saturated heterocycles. The second kappa shape index (κ2) is 10.1. The summed E-state index contributed by atoms with van der Waals surface area (Å²) in [5.41, 5.74) is 1.71. The Morgan fingerprint density at radius 1 is 1.00 bits per heavy atom. The van der Waals surface area contributed by atoms with E-state index in [1.165, 1.54) is 11.8 Å². The monoisotopic (exact) mass is 486 g/mol. The summed E-state index contributed by atoms with van der Waals surface area (Å²) in [5, 5.41) is 16.6. The molecule has 34 heavy (non-hydrogen) atoms. The maximum atomic E-state index is 12.8. The van der Waals surface area contributed by atoms with E-state index < -0.39 is 0 Å². The number of thioether (sulfide) groups is 1. The highest BCUT2D eigenvalue weighted by Crippen LogP contribution is 2.31. The van der Waals surface area contributed by atoms with Crippen molar-refractivity contribution in [1.29, 1.82) is 0 Å². The normalized spacial score (nSPS) is 11.0. The number of nitrogens with zero attached hydrogens (tertiary/aromatic N) is 3. The van der Waals surface area contributed by atoms with Crippen LogP contribution in [0.4, 0.5) is 5.69 Å². The van der Waals surface area contributed by atoms with E-state index in [4.69, 9.17) is 4.74 Å². The predicted octanol–water partition coefficient (Wildman–Crippen LogP) is 6.28. The number of ether oxygens (including phenoxy) is 1. The molecule has 2 aromatic heterocycles. The van der Waals surface area contributed by atoms with Gasteiger partial charge in [0.25, 0.3) is 0 Å². The zero-order valence-corrected chi connectivity index (χ0v) is 20.1. The van der Waals surface area contributed by atoms with Crippen LogP contribution in [0.3, 0.4) is 0 Å². The average molecular weight is 487 g/mol. The number of thiophene rings is 1. The van der Waals surface area contributed by atoms with Crippen LogP contribution in [0.1, 0.15) is 6.92 Å². The van der Waals surface area contributed by atoms with E-state index >= 15 is 0 Å².